The summed E-state index contributed by atoms with van der Waals surface area (Å²) in [6, 6.07) is 2.64. The lowest BCUT2D eigenvalue weighted by atomic mass is 10.3. The van der Waals surface area contributed by atoms with Gasteiger partial charge in [0.25, 0.3) is 6.43 Å². The SMILES string of the molecule is CN1CC[C@H](Oc2cc(N)cc(C(F)F)n2)C1. The second-order valence-corrected chi connectivity index (χ2v) is 4.26. The molecular formula is C11H15F2N3O. The molecule has 4 nitrogen and oxygen atoms in total. The first-order valence-electron chi connectivity index (χ1n) is 5.45. The molecule has 0 aromatic carbocycles. The number of nitrogen functional groups attached to an aromatic ring is 1. The molecule has 0 unspecified atom stereocenters. The Morgan fingerprint density at radius 2 is 2.29 bits per heavy atom. The molecule has 0 aliphatic carbocycles. The van der Waals surface area contributed by atoms with Crippen LogP contribution in [0.2, 0.25) is 0 Å². The van der Waals surface area contributed by atoms with Crippen LogP contribution < -0.4 is 10.5 Å². The number of rotatable bonds is 3. The third-order valence-electron chi connectivity index (χ3n) is 2.70. The normalized spacial score (nSPS) is 21.1. The highest BCUT2D eigenvalue weighted by Gasteiger charge is 2.22. The van der Waals surface area contributed by atoms with Gasteiger partial charge in [0, 0.05) is 24.8 Å². The van der Waals surface area contributed by atoms with Crippen molar-refractivity contribution in [3.8, 4) is 5.88 Å². The molecule has 6 heteroatoms. The van der Waals surface area contributed by atoms with Crippen LogP contribution in [0.15, 0.2) is 12.1 Å². The maximum absolute atomic E-state index is 12.5. The summed E-state index contributed by atoms with van der Waals surface area (Å²) in [5.74, 6) is 0.181. The van der Waals surface area contributed by atoms with E-state index < -0.39 is 6.43 Å². The minimum atomic E-state index is -2.63. The standard InChI is InChI=1S/C11H15F2N3O/c1-16-3-2-8(6-16)17-10-5-7(14)4-9(15-10)11(12)13/h4-5,8,11H,2-3,6H2,1H3,(H2,14,15)/t8-/m0/s1. The summed E-state index contributed by atoms with van der Waals surface area (Å²) in [5.41, 5.74) is 5.44. The van der Waals surface area contributed by atoms with E-state index in [1.54, 1.807) is 0 Å². The lowest BCUT2D eigenvalue weighted by Gasteiger charge is -2.14. The van der Waals surface area contributed by atoms with Gasteiger partial charge in [0.2, 0.25) is 5.88 Å². The van der Waals surface area contributed by atoms with E-state index in [1.807, 2.05) is 7.05 Å². The van der Waals surface area contributed by atoms with Gasteiger partial charge in [-0.1, -0.05) is 0 Å². The van der Waals surface area contributed by atoms with E-state index in [1.165, 1.54) is 6.07 Å². The number of hydrogen-bond acceptors (Lipinski definition) is 4. The summed E-state index contributed by atoms with van der Waals surface area (Å²) in [4.78, 5) is 5.87. The summed E-state index contributed by atoms with van der Waals surface area (Å²) in [6.07, 6.45) is -1.76. The first-order valence-corrected chi connectivity index (χ1v) is 5.45. The first-order chi connectivity index (χ1) is 8.04. The van der Waals surface area contributed by atoms with E-state index in [4.69, 9.17) is 10.5 Å². The average Bonchev–Trinajstić information content (AvgIpc) is 2.63. The molecule has 2 heterocycles. The number of alkyl halides is 2. The monoisotopic (exact) mass is 243 g/mol. The maximum Gasteiger partial charge on any atom is 0.280 e. The van der Waals surface area contributed by atoms with Crippen molar-refractivity contribution < 1.29 is 13.5 Å². The number of nitrogens with two attached hydrogens (primary N) is 1. The number of nitrogens with zero attached hydrogens (tertiary/aromatic N) is 2. The highest BCUT2D eigenvalue weighted by atomic mass is 19.3. The van der Waals surface area contributed by atoms with Crippen molar-refractivity contribution in [1.29, 1.82) is 0 Å². The number of ether oxygens (including phenoxy) is 1. The molecule has 1 aliphatic rings. The number of likely N-dealkylation sites (tertiary alicyclic amines) is 1. The van der Waals surface area contributed by atoms with Crippen molar-refractivity contribution in [1.82, 2.24) is 9.88 Å². The second-order valence-electron chi connectivity index (χ2n) is 4.26. The third kappa shape index (κ3) is 3.03. The summed E-state index contributed by atoms with van der Waals surface area (Å²) >= 11 is 0. The largest absolute Gasteiger partial charge is 0.473 e. The predicted molar refractivity (Wildman–Crippen MR) is 60.1 cm³/mol. The third-order valence-corrected chi connectivity index (χ3v) is 2.70. The molecule has 17 heavy (non-hydrogen) atoms. The summed E-state index contributed by atoms with van der Waals surface area (Å²) in [6.45, 7) is 1.72. The van der Waals surface area contributed by atoms with Gasteiger partial charge in [-0.25, -0.2) is 13.8 Å². The van der Waals surface area contributed by atoms with Crippen LogP contribution in [0.3, 0.4) is 0 Å². The molecule has 0 spiro atoms. The highest BCUT2D eigenvalue weighted by Crippen LogP contribution is 2.24. The van der Waals surface area contributed by atoms with Crippen LogP contribution in [-0.4, -0.2) is 36.1 Å². The fourth-order valence-corrected chi connectivity index (χ4v) is 1.88. The molecule has 0 radical (unpaired) electrons. The Morgan fingerprint density at radius 1 is 1.53 bits per heavy atom. The summed E-state index contributed by atoms with van der Waals surface area (Å²) < 4.78 is 30.6. The van der Waals surface area contributed by atoms with Gasteiger partial charge < -0.3 is 15.4 Å². The molecule has 94 valence electrons. The molecule has 2 N–H and O–H groups in total. The minimum Gasteiger partial charge on any atom is -0.473 e. The number of anilines is 1. The highest BCUT2D eigenvalue weighted by molar-refractivity contribution is 5.42. The van der Waals surface area contributed by atoms with Crippen molar-refractivity contribution >= 4 is 5.69 Å². The first kappa shape index (κ1) is 12.0. The van der Waals surface area contributed by atoms with Gasteiger partial charge in [-0.15, -0.1) is 0 Å². The van der Waals surface area contributed by atoms with E-state index >= 15 is 0 Å². The number of halogens is 2. The van der Waals surface area contributed by atoms with Crippen molar-refractivity contribution in [3.05, 3.63) is 17.8 Å². The topological polar surface area (TPSA) is 51.4 Å². The van der Waals surface area contributed by atoms with Crippen LogP contribution in [0.25, 0.3) is 0 Å². The van der Waals surface area contributed by atoms with E-state index in [-0.39, 0.29) is 23.4 Å². The zero-order valence-electron chi connectivity index (χ0n) is 9.57. The quantitative estimate of drug-likeness (QED) is 0.877. The second kappa shape index (κ2) is 4.83. The number of pyridine rings is 1. The summed E-state index contributed by atoms with van der Waals surface area (Å²) in [5, 5.41) is 0. The molecule has 1 aromatic rings. The molecule has 0 amide bonds. The zero-order chi connectivity index (χ0) is 12.4. The molecule has 0 bridgehead atoms. The fraction of sp³-hybridized carbons (Fsp3) is 0.545. The molecule has 1 aliphatic heterocycles. The molecule has 1 atom stereocenters. The number of likely N-dealkylation sites (N-methyl/N-ethyl adjacent to an activating group) is 1. The Bertz CT molecular complexity index is 400. The average molecular weight is 243 g/mol. The minimum absolute atomic E-state index is 0.000164. The molecule has 1 saturated heterocycles. The van der Waals surface area contributed by atoms with Crippen LogP contribution in [0.4, 0.5) is 14.5 Å². The number of hydrogen-bond donors (Lipinski definition) is 1. The van der Waals surface area contributed by atoms with Gasteiger partial charge in [0.1, 0.15) is 11.8 Å². The van der Waals surface area contributed by atoms with E-state index in [0.29, 0.717) is 0 Å². The van der Waals surface area contributed by atoms with Crippen LogP contribution in [0.5, 0.6) is 5.88 Å². The Hall–Kier alpha value is -1.43. The molecule has 1 fully saturated rings. The van der Waals surface area contributed by atoms with Crippen LogP contribution >= 0.6 is 0 Å². The van der Waals surface area contributed by atoms with Gasteiger partial charge in [0.05, 0.1) is 0 Å². The Balaban J connectivity index is 2.10. The molecule has 0 saturated carbocycles. The van der Waals surface area contributed by atoms with Crippen LogP contribution in [0.1, 0.15) is 18.5 Å². The Labute approximate surface area is 98.4 Å². The van der Waals surface area contributed by atoms with E-state index in [2.05, 4.69) is 9.88 Å². The lowest BCUT2D eigenvalue weighted by Crippen LogP contribution is -2.22. The lowest BCUT2D eigenvalue weighted by molar-refractivity contribution is 0.142. The van der Waals surface area contributed by atoms with E-state index in [9.17, 15) is 8.78 Å². The van der Waals surface area contributed by atoms with E-state index in [0.717, 1.165) is 25.6 Å². The van der Waals surface area contributed by atoms with Crippen LogP contribution in [0, 0.1) is 0 Å². The smallest absolute Gasteiger partial charge is 0.280 e. The van der Waals surface area contributed by atoms with Crippen molar-refractivity contribution in [2.24, 2.45) is 0 Å². The van der Waals surface area contributed by atoms with Crippen molar-refractivity contribution in [3.63, 3.8) is 0 Å². The van der Waals surface area contributed by atoms with Gasteiger partial charge >= 0.3 is 0 Å². The fourth-order valence-electron chi connectivity index (χ4n) is 1.88. The Morgan fingerprint density at radius 3 is 2.88 bits per heavy atom. The van der Waals surface area contributed by atoms with Crippen molar-refractivity contribution in [2.75, 3.05) is 25.9 Å². The molecular weight excluding hydrogens is 228 g/mol. The zero-order valence-corrected chi connectivity index (χ0v) is 9.57. The summed E-state index contributed by atoms with van der Waals surface area (Å²) in [7, 11) is 1.99. The maximum atomic E-state index is 12.5. The van der Waals surface area contributed by atoms with Gasteiger partial charge in [-0.3, -0.25) is 0 Å². The van der Waals surface area contributed by atoms with Gasteiger partial charge in [-0.2, -0.15) is 0 Å². The Kier molecular flexibility index (Phi) is 3.42. The number of aromatic nitrogens is 1. The van der Waals surface area contributed by atoms with Gasteiger partial charge in [-0.05, 0) is 19.5 Å². The van der Waals surface area contributed by atoms with Crippen molar-refractivity contribution in [2.45, 2.75) is 19.0 Å². The molecule has 2 rings (SSSR count). The van der Waals surface area contributed by atoms with Gasteiger partial charge in [0.15, 0.2) is 0 Å². The molecule has 1 aromatic heterocycles. The predicted octanol–water partition coefficient (Wildman–Crippen LogP) is 1.68. The van der Waals surface area contributed by atoms with Crippen LogP contribution in [-0.2, 0) is 0 Å².